The number of nitrogens with two attached hydrogens (primary N) is 1. The molecular weight excluding hydrogens is 270 g/mol. The smallest absolute Gasteiger partial charge is 0.325 e. The summed E-state index contributed by atoms with van der Waals surface area (Å²) in [6, 6.07) is 9.74. The molecule has 1 aliphatic heterocycles. The molecule has 2 rings (SSSR count). The highest BCUT2D eigenvalue weighted by Crippen LogP contribution is 2.18. The number of hydrogen-bond acceptors (Lipinski definition) is 4. The van der Waals surface area contributed by atoms with Crippen LogP contribution in [0.25, 0.3) is 0 Å². The molecule has 1 aromatic rings. The fourth-order valence-corrected chi connectivity index (χ4v) is 2.48. The van der Waals surface area contributed by atoms with E-state index in [1.54, 1.807) is 16.8 Å². The number of carbonyl (C=O) groups is 2. The molecule has 1 atom stereocenters. The van der Waals surface area contributed by atoms with Crippen LogP contribution in [0.3, 0.4) is 0 Å². The third-order valence-corrected chi connectivity index (χ3v) is 3.85. The zero-order valence-corrected chi connectivity index (χ0v) is 12.2. The van der Waals surface area contributed by atoms with Gasteiger partial charge in [0.05, 0.1) is 6.54 Å². The molecule has 6 heteroatoms. The second kappa shape index (κ2) is 6.24. The fraction of sp³-hybridized carbons (Fsp3) is 0.467. The van der Waals surface area contributed by atoms with Gasteiger partial charge in [-0.1, -0.05) is 30.3 Å². The van der Waals surface area contributed by atoms with Gasteiger partial charge in [0.15, 0.2) is 0 Å². The van der Waals surface area contributed by atoms with Gasteiger partial charge in [0.2, 0.25) is 5.91 Å². The van der Waals surface area contributed by atoms with Crippen LogP contribution in [0.2, 0.25) is 0 Å². The minimum Gasteiger partial charge on any atom is -0.480 e. The zero-order valence-electron chi connectivity index (χ0n) is 12.2. The summed E-state index contributed by atoms with van der Waals surface area (Å²) < 4.78 is 0. The molecule has 0 radical (unpaired) electrons. The summed E-state index contributed by atoms with van der Waals surface area (Å²) in [6.45, 7) is 1.50. The number of benzene rings is 1. The van der Waals surface area contributed by atoms with Crippen LogP contribution in [-0.4, -0.2) is 59.0 Å². The summed E-state index contributed by atoms with van der Waals surface area (Å²) in [7, 11) is 1.75. The fourth-order valence-electron chi connectivity index (χ4n) is 2.48. The number of nitrogens with zero attached hydrogens (tertiary/aromatic N) is 2. The molecule has 21 heavy (non-hydrogen) atoms. The van der Waals surface area contributed by atoms with Crippen LogP contribution >= 0.6 is 0 Å². The number of likely N-dealkylation sites (N-methyl/N-ethyl adjacent to an activating group) is 1. The van der Waals surface area contributed by atoms with Gasteiger partial charge in [-0.25, -0.2) is 0 Å². The van der Waals surface area contributed by atoms with Crippen molar-refractivity contribution >= 4 is 11.9 Å². The molecule has 114 valence electrons. The lowest BCUT2D eigenvalue weighted by Crippen LogP contribution is -2.50. The Morgan fingerprint density at radius 1 is 1.38 bits per heavy atom. The predicted octanol–water partition coefficient (Wildman–Crippen LogP) is 0.133. The van der Waals surface area contributed by atoms with Gasteiger partial charge >= 0.3 is 5.97 Å². The number of likely N-dealkylation sites (tertiary alicyclic amines) is 1. The number of carboxylic acids is 1. The van der Waals surface area contributed by atoms with E-state index in [-0.39, 0.29) is 19.0 Å². The van der Waals surface area contributed by atoms with Gasteiger partial charge < -0.3 is 15.7 Å². The topological polar surface area (TPSA) is 86.9 Å². The minimum absolute atomic E-state index is 0.0338. The third-order valence-electron chi connectivity index (χ3n) is 3.85. The third kappa shape index (κ3) is 3.80. The Hall–Kier alpha value is -1.92. The molecule has 0 aromatic heterocycles. The number of carboxylic acid groups (broad SMARTS) is 1. The van der Waals surface area contributed by atoms with Crippen molar-refractivity contribution in [1.82, 2.24) is 9.80 Å². The van der Waals surface area contributed by atoms with E-state index in [2.05, 4.69) is 0 Å². The first kappa shape index (κ1) is 15.5. The highest BCUT2D eigenvalue weighted by atomic mass is 16.4. The standard InChI is InChI=1S/C15H21N3O3/c1-17(9-12-5-3-2-4-6-12)13(19)10-18-8-7-15(16,11-18)14(20)21/h2-6H,7-11,16H2,1H3,(H,20,21). The van der Waals surface area contributed by atoms with E-state index in [9.17, 15) is 9.59 Å². The first-order valence-electron chi connectivity index (χ1n) is 6.93. The Morgan fingerprint density at radius 3 is 2.62 bits per heavy atom. The number of amides is 1. The highest BCUT2D eigenvalue weighted by molar-refractivity contribution is 5.80. The van der Waals surface area contributed by atoms with Crippen LogP contribution in [0.5, 0.6) is 0 Å². The van der Waals surface area contributed by atoms with Crippen LogP contribution in [-0.2, 0) is 16.1 Å². The second-order valence-electron chi connectivity index (χ2n) is 5.66. The van der Waals surface area contributed by atoms with E-state index in [4.69, 9.17) is 10.8 Å². The van der Waals surface area contributed by atoms with E-state index in [0.717, 1.165) is 5.56 Å². The van der Waals surface area contributed by atoms with E-state index in [1.165, 1.54) is 0 Å². The molecule has 0 saturated carbocycles. The van der Waals surface area contributed by atoms with Crippen LogP contribution in [0.1, 0.15) is 12.0 Å². The van der Waals surface area contributed by atoms with E-state index >= 15 is 0 Å². The minimum atomic E-state index is -1.22. The number of rotatable bonds is 5. The number of carbonyl (C=O) groups excluding carboxylic acids is 1. The lowest BCUT2D eigenvalue weighted by molar-refractivity contribution is -0.143. The maximum absolute atomic E-state index is 12.2. The SMILES string of the molecule is CN(Cc1ccccc1)C(=O)CN1CCC(N)(C(=O)O)C1. The average molecular weight is 291 g/mol. The van der Waals surface area contributed by atoms with Gasteiger partial charge in [-0.2, -0.15) is 0 Å². The molecule has 6 nitrogen and oxygen atoms in total. The molecule has 1 aromatic carbocycles. The lowest BCUT2D eigenvalue weighted by atomic mass is 10.0. The van der Waals surface area contributed by atoms with Gasteiger partial charge in [0.25, 0.3) is 0 Å². The molecule has 1 fully saturated rings. The summed E-state index contributed by atoms with van der Waals surface area (Å²) in [5.74, 6) is -1.04. The normalized spacial score (nSPS) is 22.2. The number of hydrogen-bond donors (Lipinski definition) is 2. The maximum atomic E-state index is 12.2. The molecule has 1 aliphatic rings. The van der Waals surface area contributed by atoms with Gasteiger partial charge in [0.1, 0.15) is 5.54 Å². The van der Waals surface area contributed by atoms with Gasteiger partial charge in [-0.15, -0.1) is 0 Å². The molecule has 1 saturated heterocycles. The molecule has 1 unspecified atom stereocenters. The largest absolute Gasteiger partial charge is 0.480 e. The molecular formula is C15H21N3O3. The summed E-state index contributed by atoms with van der Waals surface area (Å²) in [4.78, 5) is 26.7. The predicted molar refractivity (Wildman–Crippen MR) is 78.5 cm³/mol. The molecule has 1 amide bonds. The second-order valence-corrected chi connectivity index (χ2v) is 5.66. The highest BCUT2D eigenvalue weighted by Gasteiger charge is 2.41. The van der Waals surface area contributed by atoms with Crippen molar-refractivity contribution in [3.8, 4) is 0 Å². The summed E-state index contributed by atoms with van der Waals surface area (Å²) in [5, 5.41) is 9.08. The quantitative estimate of drug-likeness (QED) is 0.805. The Labute approximate surface area is 124 Å². The van der Waals surface area contributed by atoms with Crippen molar-refractivity contribution in [3.63, 3.8) is 0 Å². The van der Waals surface area contributed by atoms with Crippen molar-refractivity contribution in [2.75, 3.05) is 26.7 Å². The molecule has 1 heterocycles. The van der Waals surface area contributed by atoms with Gasteiger partial charge in [-0.05, 0) is 12.0 Å². The molecule has 0 bridgehead atoms. The maximum Gasteiger partial charge on any atom is 0.325 e. The first-order valence-corrected chi connectivity index (χ1v) is 6.93. The summed E-state index contributed by atoms with van der Waals surface area (Å²) in [6.07, 6.45) is 0.373. The van der Waals surface area contributed by atoms with Crippen molar-refractivity contribution in [2.45, 2.75) is 18.5 Å². The monoisotopic (exact) mass is 291 g/mol. The lowest BCUT2D eigenvalue weighted by Gasteiger charge is -2.23. The van der Waals surface area contributed by atoms with Crippen molar-refractivity contribution in [2.24, 2.45) is 5.73 Å². The molecule has 0 spiro atoms. The van der Waals surface area contributed by atoms with E-state index in [1.807, 2.05) is 30.3 Å². The number of aliphatic carboxylic acids is 1. The first-order chi connectivity index (χ1) is 9.90. The van der Waals surface area contributed by atoms with Gasteiger partial charge in [0, 0.05) is 26.7 Å². The molecule has 0 aliphatic carbocycles. The Morgan fingerprint density at radius 2 is 2.05 bits per heavy atom. The van der Waals surface area contributed by atoms with Crippen LogP contribution in [0.15, 0.2) is 30.3 Å². The van der Waals surface area contributed by atoms with Crippen LogP contribution in [0, 0.1) is 0 Å². The zero-order chi connectivity index (χ0) is 15.5. The van der Waals surface area contributed by atoms with Crippen molar-refractivity contribution in [3.05, 3.63) is 35.9 Å². The van der Waals surface area contributed by atoms with Crippen molar-refractivity contribution in [1.29, 1.82) is 0 Å². The van der Waals surface area contributed by atoms with E-state index in [0.29, 0.717) is 19.5 Å². The summed E-state index contributed by atoms with van der Waals surface area (Å²) >= 11 is 0. The van der Waals surface area contributed by atoms with Crippen LogP contribution < -0.4 is 5.73 Å². The van der Waals surface area contributed by atoms with Crippen molar-refractivity contribution < 1.29 is 14.7 Å². The summed E-state index contributed by atoms with van der Waals surface area (Å²) in [5.41, 5.74) is 5.64. The van der Waals surface area contributed by atoms with E-state index < -0.39 is 11.5 Å². The average Bonchev–Trinajstić information content (AvgIpc) is 2.82. The Bertz CT molecular complexity index is 520. The van der Waals surface area contributed by atoms with Gasteiger partial charge in [-0.3, -0.25) is 14.5 Å². The van der Waals surface area contributed by atoms with Crippen LogP contribution in [0.4, 0.5) is 0 Å². The Balaban J connectivity index is 1.86. The molecule has 3 N–H and O–H groups in total. The Kier molecular flexibility index (Phi) is 4.59.